The minimum atomic E-state index is 0.0693. The van der Waals surface area contributed by atoms with Crippen LogP contribution in [0.4, 0.5) is 0 Å². The van der Waals surface area contributed by atoms with Crippen LogP contribution >= 0.6 is 0 Å². The molecule has 98 valence electrons. The third kappa shape index (κ3) is 2.56. The van der Waals surface area contributed by atoms with Gasteiger partial charge in [-0.3, -0.25) is 4.79 Å². The molecule has 1 fully saturated rings. The predicted molar refractivity (Wildman–Crippen MR) is 73.4 cm³/mol. The number of carbonyl (C=O) groups excluding carboxylic acids is 1. The number of hydrogen-bond acceptors (Lipinski definition) is 2. The van der Waals surface area contributed by atoms with Crippen molar-refractivity contribution in [3.63, 3.8) is 0 Å². The van der Waals surface area contributed by atoms with Crippen LogP contribution in [-0.4, -0.2) is 37.0 Å². The van der Waals surface area contributed by atoms with Crippen LogP contribution in [0.2, 0.25) is 0 Å². The van der Waals surface area contributed by atoms with E-state index < -0.39 is 0 Å². The van der Waals surface area contributed by atoms with Crippen LogP contribution in [0.15, 0.2) is 30.3 Å². The Morgan fingerprint density at radius 3 is 2.56 bits per heavy atom. The van der Waals surface area contributed by atoms with Gasteiger partial charge in [0.2, 0.25) is 5.91 Å². The maximum Gasteiger partial charge on any atom is 0.227 e. The molecule has 18 heavy (non-hydrogen) atoms. The molecule has 0 aliphatic carbocycles. The van der Waals surface area contributed by atoms with Crippen molar-refractivity contribution in [1.29, 1.82) is 0 Å². The summed E-state index contributed by atoms with van der Waals surface area (Å²) in [5.74, 6) is 0.628. The fraction of sp³-hybridized carbons (Fsp3) is 0.533. The van der Waals surface area contributed by atoms with Gasteiger partial charge in [0.25, 0.3) is 0 Å². The number of nitrogens with one attached hydrogen (secondary N) is 1. The minimum absolute atomic E-state index is 0.0693. The Morgan fingerprint density at radius 1 is 1.28 bits per heavy atom. The SMILES string of the molecule is CC(C)N(C)C(=O)C1CNCC1c1ccccc1. The van der Waals surface area contributed by atoms with E-state index >= 15 is 0 Å². The summed E-state index contributed by atoms with van der Waals surface area (Å²) in [5.41, 5.74) is 1.26. The van der Waals surface area contributed by atoms with E-state index in [2.05, 4.69) is 31.3 Å². The lowest BCUT2D eigenvalue weighted by molar-refractivity contribution is -0.135. The lowest BCUT2D eigenvalue weighted by Gasteiger charge is -2.27. The minimum Gasteiger partial charge on any atom is -0.343 e. The Morgan fingerprint density at radius 2 is 1.94 bits per heavy atom. The van der Waals surface area contributed by atoms with Crippen LogP contribution in [0.5, 0.6) is 0 Å². The molecule has 1 aromatic rings. The molecule has 1 saturated heterocycles. The van der Waals surface area contributed by atoms with Crippen molar-refractivity contribution in [1.82, 2.24) is 10.2 Å². The van der Waals surface area contributed by atoms with Crippen molar-refractivity contribution in [2.75, 3.05) is 20.1 Å². The van der Waals surface area contributed by atoms with Gasteiger partial charge in [0.1, 0.15) is 0 Å². The van der Waals surface area contributed by atoms with Gasteiger partial charge in [0.05, 0.1) is 5.92 Å². The summed E-state index contributed by atoms with van der Waals surface area (Å²) in [4.78, 5) is 14.3. The predicted octanol–water partition coefficient (Wildman–Crippen LogP) is 1.86. The summed E-state index contributed by atoms with van der Waals surface area (Å²) < 4.78 is 0. The van der Waals surface area contributed by atoms with Gasteiger partial charge in [-0.1, -0.05) is 30.3 Å². The van der Waals surface area contributed by atoms with E-state index in [4.69, 9.17) is 0 Å². The van der Waals surface area contributed by atoms with Crippen LogP contribution in [0.3, 0.4) is 0 Å². The second kappa shape index (κ2) is 5.53. The highest BCUT2D eigenvalue weighted by Crippen LogP contribution is 2.29. The van der Waals surface area contributed by atoms with E-state index in [9.17, 15) is 4.79 Å². The van der Waals surface area contributed by atoms with E-state index in [-0.39, 0.29) is 17.9 Å². The number of rotatable bonds is 3. The third-order valence-electron chi connectivity index (χ3n) is 3.88. The van der Waals surface area contributed by atoms with Gasteiger partial charge in [0.15, 0.2) is 0 Å². The standard InChI is InChI=1S/C15H22N2O/c1-11(2)17(3)15(18)14-10-16-9-13(14)12-7-5-4-6-8-12/h4-8,11,13-14,16H,9-10H2,1-3H3. The first kappa shape index (κ1) is 13.1. The van der Waals surface area contributed by atoms with E-state index in [1.165, 1.54) is 5.56 Å². The van der Waals surface area contributed by atoms with Gasteiger partial charge >= 0.3 is 0 Å². The maximum atomic E-state index is 12.5. The highest BCUT2D eigenvalue weighted by molar-refractivity contribution is 5.80. The quantitative estimate of drug-likeness (QED) is 0.883. The van der Waals surface area contributed by atoms with Gasteiger partial charge < -0.3 is 10.2 Å². The maximum absolute atomic E-state index is 12.5. The molecule has 1 amide bonds. The lowest BCUT2D eigenvalue weighted by Crippen LogP contribution is -2.40. The zero-order valence-electron chi connectivity index (χ0n) is 11.4. The van der Waals surface area contributed by atoms with Gasteiger partial charge in [0, 0.05) is 32.1 Å². The molecule has 3 nitrogen and oxygen atoms in total. The molecular formula is C15H22N2O. The molecule has 0 spiro atoms. The summed E-state index contributed by atoms with van der Waals surface area (Å²) >= 11 is 0. The molecule has 1 N–H and O–H groups in total. The van der Waals surface area contributed by atoms with Gasteiger partial charge in [-0.25, -0.2) is 0 Å². The molecule has 1 aromatic carbocycles. The first-order valence-corrected chi connectivity index (χ1v) is 6.63. The van der Waals surface area contributed by atoms with Crippen molar-refractivity contribution in [2.24, 2.45) is 5.92 Å². The first-order chi connectivity index (χ1) is 8.61. The summed E-state index contributed by atoms with van der Waals surface area (Å²) in [5, 5.41) is 3.35. The van der Waals surface area contributed by atoms with E-state index in [1.54, 1.807) is 0 Å². The van der Waals surface area contributed by atoms with Crippen LogP contribution in [0, 0.1) is 5.92 Å². The average Bonchev–Trinajstić information content (AvgIpc) is 2.87. The fourth-order valence-corrected chi connectivity index (χ4v) is 2.50. The van der Waals surface area contributed by atoms with Crippen LogP contribution in [-0.2, 0) is 4.79 Å². The van der Waals surface area contributed by atoms with E-state index in [1.807, 2.05) is 30.1 Å². The van der Waals surface area contributed by atoms with E-state index in [0.29, 0.717) is 5.92 Å². The van der Waals surface area contributed by atoms with Crippen molar-refractivity contribution in [3.05, 3.63) is 35.9 Å². The highest BCUT2D eigenvalue weighted by atomic mass is 16.2. The Bertz CT molecular complexity index is 402. The molecule has 0 bridgehead atoms. The van der Waals surface area contributed by atoms with Crippen LogP contribution < -0.4 is 5.32 Å². The van der Waals surface area contributed by atoms with Crippen LogP contribution in [0.1, 0.15) is 25.3 Å². The number of benzene rings is 1. The second-order valence-corrected chi connectivity index (χ2v) is 5.32. The summed E-state index contributed by atoms with van der Waals surface area (Å²) in [7, 11) is 1.90. The number of amides is 1. The fourth-order valence-electron chi connectivity index (χ4n) is 2.50. The largest absolute Gasteiger partial charge is 0.343 e. The second-order valence-electron chi connectivity index (χ2n) is 5.32. The van der Waals surface area contributed by atoms with Crippen molar-refractivity contribution in [3.8, 4) is 0 Å². The molecule has 3 heteroatoms. The summed E-state index contributed by atoms with van der Waals surface area (Å²) in [6.07, 6.45) is 0. The van der Waals surface area contributed by atoms with E-state index in [0.717, 1.165) is 13.1 Å². The third-order valence-corrected chi connectivity index (χ3v) is 3.88. The Labute approximate surface area is 109 Å². The zero-order chi connectivity index (χ0) is 13.1. The smallest absolute Gasteiger partial charge is 0.227 e. The normalized spacial score (nSPS) is 23.3. The molecule has 2 rings (SSSR count). The van der Waals surface area contributed by atoms with Crippen molar-refractivity contribution < 1.29 is 4.79 Å². The number of nitrogens with zero attached hydrogens (tertiary/aromatic N) is 1. The molecule has 0 aromatic heterocycles. The molecule has 2 atom stereocenters. The molecule has 1 heterocycles. The van der Waals surface area contributed by atoms with Crippen LogP contribution in [0.25, 0.3) is 0 Å². The average molecular weight is 246 g/mol. The Hall–Kier alpha value is -1.35. The number of hydrogen-bond donors (Lipinski definition) is 1. The molecule has 0 saturated carbocycles. The summed E-state index contributed by atoms with van der Waals surface area (Å²) in [6, 6.07) is 10.6. The Kier molecular flexibility index (Phi) is 4.02. The number of carbonyl (C=O) groups is 1. The summed E-state index contributed by atoms with van der Waals surface area (Å²) in [6.45, 7) is 5.79. The lowest BCUT2D eigenvalue weighted by atomic mass is 9.88. The molecule has 1 aliphatic heterocycles. The monoisotopic (exact) mass is 246 g/mol. The van der Waals surface area contributed by atoms with Gasteiger partial charge in [-0.15, -0.1) is 0 Å². The topological polar surface area (TPSA) is 32.3 Å². The van der Waals surface area contributed by atoms with Crippen molar-refractivity contribution in [2.45, 2.75) is 25.8 Å². The Balaban J connectivity index is 2.15. The van der Waals surface area contributed by atoms with Gasteiger partial charge in [-0.2, -0.15) is 0 Å². The molecule has 1 aliphatic rings. The first-order valence-electron chi connectivity index (χ1n) is 6.63. The van der Waals surface area contributed by atoms with Gasteiger partial charge in [-0.05, 0) is 19.4 Å². The molecule has 0 radical (unpaired) electrons. The van der Waals surface area contributed by atoms with Crippen molar-refractivity contribution >= 4 is 5.91 Å². The molecular weight excluding hydrogens is 224 g/mol. The highest BCUT2D eigenvalue weighted by Gasteiger charge is 2.35. The zero-order valence-corrected chi connectivity index (χ0v) is 11.4. The molecule has 2 unspecified atom stereocenters.